The first-order valence-electron chi connectivity index (χ1n) is 6.09. The maximum absolute atomic E-state index is 12.2. The van der Waals surface area contributed by atoms with E-state index in [1.54, 1.807) is 12.1 Å². The van der Waals surface area contributed by atoms with Crippen LogP contribution in [0.2, 0.25) is 0 Å². The number of rotatable bonds is 4. The Kier molecular flexibility index (Phi) is 5.03. The smallest absolute Gasteiger partial charge is 0.241 e. The van der Waals surface area contributed by atoms with Gasteiger partial charge in [0.25, 0.3) is 0 Å². The van der Waals surface area contributed by atoms with Crippen LogP contribution in [0, 0.1) is 11.3 Å². The van der Waals surface area contributed by atoms with Gasteiger partial charge in [-0.3, -0.25) is 0 Å². The molecular weight excluding hydrogens is 328 g/mol. The largest absolute Gasteiger partial charge is 0.399 e. The van der Waals surface area contributed by atoms with Crippen LogP contribution < -0.4 is 10.5 Å². The molecule has 1 aromatic carbocycles. The van der Waals surface area contributed by atoms with Gasteiger partial charge in [-0.2, -0.15) is 0 Å². The third kappa shape index (κ3) is 4.47. The lowest BCUT2D eigenvalue weighted by molar-refractivity contribution is 0.263. The Hall–Kier alpha value is -0.590. The third-order valence-electron chi connectivity index (χ3n) is 3.30. The van der Waals surface area contributed by atoms with Crippen molar-refractivity contribution in [3.8, 4) is 0 Å². The second kappa shape index (κ2) is 5.81. The van der Waals surface area contributed by atoms with Gasteiger partial charge in [-0.15, -0.1) is 0 Å². The monoisotopic (exact) mass is 348 g/mol. The van der Waals surface area contributed by atoms with Gasteiger partial charge in [0.15, 0.2) is 0 Å². The fraction of sp³-hybridized carbons (Fsp3) is 0.538. The maximum Gasteiger partial charge on any atom is 0.241 e. The molecule has 0 amide bonds. The molecule has 0 aliphatic carbocycles. The molecule has 0 fully saturated rings. The van der Waals surface area contributed by atoms with E-state index < -0.39 is 10.0 Å². The van der Waals surface area contributed by atoms with Crippen LogP contribution in [0.1, 0.15) is 27.7 Å². The van der Waals surface area contributed by atoms with E-state index in [-0.39, 0.29) is 16.2 Å². The zero-order chi connectivity index (χ0) is 14.8. The van der Waals surface area contributed by atoms with Crippen LogP contribution in [0.4, 0.5) is 5.69 Å². The average Bonchev–Trinajstić information content (AvgIpc) is 2.24. The van der Waals surface area contributed by atoms with Gasteiger partial charge in [-0.25, -0.2) is 13.1 Å². The van der Waals surface area contributed by atoms with Gasteiger partial charge < -0.3 is 5.73 Å². The molecule has 1 atom stereocenters. The van der Waals surface area contributed by atoms with Crippen molar-refractivity contribution in [3.63, 3.8) is 0 Å². The minimum Gasteiger partial charge on any atom is -0.399 e. The highest BCUT2D eigenvalue weighted by atomic mass is 79.9. The first-order chi connectivity index (χ1) is 8.54. The molecule has 3 N–H and O–H groups in total. The number of nitrogens with two attached hydrogens (primary N) is 1. The van der Waals surface area contributed by atoms with Gasteiger partial charge in [0.05, 0.1) is 4.90 Å². The second-order valence-electron chi connectivity index (χ2n) is 5.81. The fourth-order valence-corrected chi connectivity index (χ4v) is 3.58. The number of nitrogens with one attached hydrogen (secondary N) is 1. The Bertz CT molecular complexity index is 550. The van der Waals surface area contributed by atoms with Crippen molar-refractivity contribution in [2.45, 2.75) is 32.6 Å². The summed E-state index contributed by atoms with van der Waals surface area (Å²) in [5.41, 5.74) is 6.18. The van der Waals surface area contributed by atoms with Crippen molar-refractivity contribution in [1.29, 1.82) is 0 Å². The summed E-state index contributed by atoms with van der Waals surface area (Å²) in [4.78, 5) is 0.211. The van der Waals surface area contributed by atoms with Gasteiger partial charge in [0.2, 0.25) is 10.0 Å². The van der Waals surface area contributed by atoms with E-state index in [2.05, 4.69) is 41.4 Å². The van der Waals surface area contributed by atoms with Crippen molar-refractivity contribution < 1.29 is 8.42 Å². The minimum absolute atomic E-state index is 0.0564. The van der Waals surface area contributed by atoms with Crippen LogP contribution in [0.15, 0.2) is 27.6 Å². The number of sulfonamides is 1. The van der Waals surface area contributed by atoms with Crippen molar-refractivity contribution in [2.75, 3.05) is 12.3 Å². The zero-order valence-corrected chi connectivity index (χ0v) is 14.1. The quantitative estimate of drug-likeness (QED) is 0.821. The molecule has 1 rings (SSSR count). The van der Waals surface area contributed by atoms with Crippen LogP contribution in [0.25, 0.3) is 0 Å². The number of halogens is 1. The molecule has 0 spiro atoms. The van der Waals surface area contributed by atoms with Crippen molar-refractivity contribution in [3.05, 3.63) is 22.7 Å². The van der Waals surface area contributed by atoms with Crippen LogP contribution in [0.5, 0.6) is 0 Å². The van der Waals surface area contributed by atoms with E-state index in [0.717, 1.165) is 0 Å². The molecule has 0 bridgehead atoms. The molecule has 0 aliphatic rings. The number of benzene rings is 1. The van der Waals surface area contributed by atoms with E-state index in [1.165, 1.54) is 6.07 Å². The lowest BCUT2D eigenvalue weighted by Crippen LogP contribution is -2.33. The Morgan fingerprint density at radius 1 is 1.37 bits per heavy atom. The predicted octanol–water partition coefficient (Wildman–Crippen LogP) is 2.99. The molecule has 0 saturated carbocycles. The van der Waals surface area contributed by atoms with Gasteiger partial charge in [0.1, 0.15) is 0 Å². The van der Waals surface area contributed by atoms with E-state index in [0.29, 0.717) is 16.7 Å². The normalized spacial score (nSPS) is 14.4. The molecule has 108 valence electrons. The van der Waals surface area contributed by atoms with Gasteiger partial charge in [-0.05, 0) is 45.5 Å². The Labute approximate surface area is 124 Å². The van der Waals surface area contributed by atoms with E-state index >= 15 is 0 Å². The SMILES string of the molecule is CC(CNS(=O)(=O)c1ccc(N)cc1Br)C(C)(C)C. The fourth-order valence-electron chi connectivity index (χ4n) is 1.35. The van der Waals surface area contributed by atoms with E-state index in [4.69, 9.17) is 5.73 Å². The number of nitrogen functional groups attached to an aromatic ring is 1. The maximum atomic E-state index is 12.2. The lowest BCUT2D eigenvalue weighted by atomic mass is 9.82. The Balaban J connectivity index is 2.88. The average molecular weight is 349 g/mol. The summed E-state index contributed by atoms with van der Waals surface area (Å²) in [6, 6.07) is 4.66. The predicted molar refractivity (Wildman–Crippen MR) is 82.4 cm³/mol. The summed E-state index contributed by atoms with van der Waals surface area (Å²) in [7, 11) is -3.52. The molecule has 0 radical (unpaired) electrons. The minimum atomic E-state index is -3.52. The molecular formula is C13H21BrN2O2S. The molecule has 1 unspecified atom stereocenters. The van der Waals surface area contributed by atoms with E-state index in [1.807, 2.05) is 6.92 Å². The van der Waals surface area contributed by atoms with Crippen molar-refractivity contribution in [1.82, 2.24) is 4.72 Å². The molecule has 6 heteroatoms. The number of anilines is 1. The first-order valence-corrected chi connectivity index (χ1v) is 8.36. The lowest BCUT2D eigenvalue weighted by Gasteiger charge is -2.27. The van der Waals surface area contributed by atoms with Gasteiger partial charge in [-0.1, -0.05) is 27.7 Å². The highest BCUT2D eigenvalue weighted by Gasteiger charge is 2.23. The molecule has 0 heterocycles. The standard InChI is InChI=1S/C13H21BrN2O2S/c1-9(13(2,3)4)8-16-19(17,18)12-6-5-10(15)7-11(12)14/h5-7,9,16H,8,15H2,1-4H3. The molecule has 4 nitrogen and oxygen atoms in total. The second-order valence-corrected chi connectivity index (χ2v) is 8.40. The van der Waals surface area contributed by atoms with Crippen molar-refractivity contribution in [2.24, 2.45) is 11.3 Å². The molecule has 1 aromatic rings. The Morgan fingerprint density at radius 3 is 2.42 bits per heavy atom. The summed E-state index contributed by atoms with van der Waals surface area (Å²) in [6.45, 7) is 8.70. The Morgan fingerprint density at radius 2 is 1.95 bits per heavy atom. The van der Waals surface area contributed by atoms with Crippen LogP contribution >= 0.6 is 15.9 Å². The molecule has 0 aliphatic heterocycles. The van der Waals surface area contributed by atoms with Crippen molar-refractivity contribution >= 4 is 31.6 Å². The highest BCUT2D eigenvalue weighted by Crippen LogP contribution is 2.27. The first kappa shape index (κ1) is 16.5. The van der Waals surface area contributed by atoms with Crippen LogP contribution in [-0.4, -0.2) is 15.0 Å². The summed E-state index contributed by atoms with van der Waals surface area (Å²) in [5.74, 6) is 0.231. The summed E-state index contributed by atoms with van der Waals surface area (Å²) in [5, 5.41) is 0. The molecule has 19 heavy (non-hydrogen) atoms. The third-order valence-corrected chi connectivity index (χ3v) is 5.70. The number of hydrogen-bond acceptors (Lipinski definition) is 3. The summed E-state index contributed by atoms with van der Waals surface area (Å²) < 4.78 is 27.5. The molecule has 0 aromatic heterocycles. The summed E-state index contributed by atoms with van der Waals surface area (Å²) >= 11 is 3.23. The van der Waals surface area contributed by atoms with E-state index in [9.17, 15) is 8.42 Å². The summed E-state index contributed by atoms with van der Waals surface area (Å²) in [6.07, 6.45) is 0. The topological polar surface area (TPSA) is 72.2 Å². The highest BCUT2D eigenvalue weighted by molar-refractivity contribution is 9.10. The molecule has 0 saturated heterocycles. The van der Waals surface area contributed by atoms with Crippen LogP contribution in [-0.2, 0) is 10.0 Å². The van der Waals surface area contributed by atoms with Crippen LogP contribution in [0.3, 0.4) is 0 Å². The number of hydrogen-bond donors (Lipinski definition) is 2. The van der Waals surface area contributed by atoms with Gasteiger partial charge in [0, 0.05) is 16.7 Å². The zero-order valence-electron chi connectivity index (χ0n) is 11.7. The van der Waals surface area contributed by atoms with Gasteiger partial charge >= 0.3 is 0 Å².